The average molecular weight is 252 g/mol. The molecule has 2 nitrogen and oxygen atoms in total. The predicted molar refractivity (Wildman–Crippen MR) is 72.9 cm³/mol. The summed E-state index contributed by atoms with van der Waals surface area (Å²) in [6.45, 7) is 4.75. The van der Waals surface area contributed by atoms with Gasteiger partial charge in [0.2, 0.25) is 0 Å². The van der Waals surface area contributed by atoms with Gasteiger partial charge < -0.3 is 9.84 Å². The highest BCUT2D eigenvalue weighted by Crippen LogP contribution is 2.26. The minimum Gasteiger partial charge on any atom is -0.493 e. The first kappa shape index (κ1) is 12.8. The smallest absolute Gasteiger partial charge is 0.122 e. The molecule has 3 heteroatoms. The van der Waals surface area contributed by atoms with Crippen LogP contribution in [0.15, 0.2) is 18.2 Å². The molecule has 0 saturated heterocycles. The molecule has 17 heavy (non-hydrogen) atoms. The lowest BCUT2D eigenvalue weighted by molar-refractivity contribution is 0.196. The van der Waals surface area contributed by atoms with Gasteiger partial charge in [0.1, 0.15) is 5.75 Å². The zero-order chi connectivity index (χ0) is 12.3. The molecule has 0 aromatic heterocycles. The summed E-state index contributed by atoms with van der Waals surface area (Å²) >= 11 is 1.83. The van der Waals surface area contributed by atoms with Crippen molar-refractivity contribution in [3.8, 4) is 5.75 Å². The maximum Gasteiger partial charge on any atom is 0.122 e. The third-order valence-electron chi connectivity index (χ3n) is 3.20. The van der Waals surface area contributed by atoms with Gasteiger partial charge in [-0.25, -0.2) is 0 Å². The van der Waals surface area contributed by atoms with Crippen molar-refractivity contribution in [1.82, 2.24) is 0 Å². The van der Waals surface area contributed by atoms with Gasteiger partial charge >= 0.3 is 0 Å². The summed E-state index contributed by atoms with van der Waals surface area (Å²) in [5, 5.41) is 9.72. The highest BCUT2D eigenvalue weighted by molar-refractivity contribution is 7.99. The van der Waals surface area contributed by atoms with E-state index in [2.05, 4.69) is 25.1 Å². The van der Waals surface area contributed by atoms with Crippen LogP contribution in [0.2, 0.25) is 0 Å². The Labute approximate surface area is 107 Å². The predicted octanol–water partition coefficient (Wildman–Crippen LogP) is 2.67. The van der Waals surface area contributed by atoms with Crippen LogP contribution in [-0.2, 0) is 12.8 Å². The molecule has 0 saturated carbocycles. The molecule has 1 aliphatic heterocycles. The fourth-order valence-corrected chi connectivity index (χ4v) is 2.90. The third-order valence-corrected chi connectivity index (χ3v) is 4.56. The summed E-state index contributed by atoms with van der Waals surface area (Å²) in [6.07, 6.45) is 1.88. The van der Waals surface area contributed by atoms with Crippen molar-refractivity contribution in [1.29, 1.82) is 0 Å². The Morgan fingerprint density at radius 3 is 3.00 bits per heavy atom. The number of benzene rings is 1. The van der Waals surface area contributed by atoms with E-state index in [1.54, 1.807) is 0 Å². The molecule has 2 atom stereocenters. The van der Waals surface area contributed by atoms with Gasteiger partial charge in [0.15, 0.2) is 0 Å². The highest BCUT2D eigenvalue weighted by Gasteiger charge is 2.12. The maximum atomic E-state index is 9.41. The van der Waals surface area contributed by atoms with Gasteiger partial charge in [0.25, 0.3) is 0 Å². The Morgan fingerprint density at radius 1 is 1.41 bits per heavy atom. The largest absolute Gasteiger partial charge is 0.493 e. The summed E-state index contributed by atoms with van der Waals surface area (Å²) < 4.78 is 5.49. The molecule has 0 amide bonds. The molecule has 1 aromatic rings. The molecule has 1 aliphatic rings. The lowest BCUT2D eigenvalue weighted by Gasteiger charge is -2.13. The molecular formula is C14H20O2S. The maximum absolute atomic E-state index is 9.41. The number of thioether (sulfide) groups is 1. The van der Waals surface area contributed by atoms with Crippen molar-refractivity contribution >= 4 is 11.8 Å². The minimum atomic E-state index is -0.228. The quantitative estimate of drug-likeness (QED) is 0.873. The summed E-state index contributed by atoms with van der Waals surface area (Å²) in [6, 6.07) is 6.49. The fraction of sp³-hybridized carbons (Fsp3) is 0.571. The van der Waals surface area contributed by atoms with Crippen molar-refractivity contribution in [2.24, 2.45) is 0 Å². The van der Waals surface area contributed by atoms with Gasteiger partial charge in [-0.2, -0.15) is 11.8 Å². The lowest BCUT2D eigenvalue weighted by Crippen LogP contribution is -2.15. The number of fused-ring (bicyclic) bond motifs is 1. The van der Waals surface area contributed by atoms with Gasteiger partial charge in [-0.15, -0.1) is 0 Å². The van der Waals surface area contributed by atoms with Crippen LogP contribution in [0.25, 0.3) is 0 Å². The van der Waals surface area contributed by atoms with Crippen molar-refractivity contribution in [2.75, 3.05) is 12.4 Å². The Balaban J connectivity index is 1.83. The number of rotatable bonds is 5. The molecule has 1 N–H and O–H groups in total. The average Bonchev–Trinajstić information content (AvgIpc) is 2.75. The van der Waals surface area contributed by atoms with E-state index in [0.29, 0.717) is 5.25 Å². The van der Waals surface area contributed by atoms with Crippen LogP contribution in [0.4, 0.5) is 0 Å². The molecule has 0 radical (unpaired) electrons. The number of aliphatic hydroxyl groups excluding tert-OH is 1. The van der Waals surface area contributed by atoms with Gasteiger partial charge in [-0.3, -0.25) is 0 Å². The number of hydrogen-bond donors (Lipinski definition) is 1. The van der Waals surface area contributed by atoms with Crippen LogP contribution in [-0.4, -0.2) is 28.8 Å². The van der Waals surface area contributed by atoms with E-state index < -0.39 is 0 Å². The van der Waals surface area contributed by atoms with E-state index in [0.717, 1.165) is 31.0 Å². The molecular weight excluding hydrogens is 232 g/mol. The highest BCUT2D eigenvalue weighted by atomic mass is 32.2. The Hall–Kier alpha value is -0.670. The Kier molecular flexibility index (Phi) is 4.35. The van der Waals surface area contributed by atoms with Crippen LogP contribution in [0.5, 0.6) is 5.75 Å². The molecule has 1 heterocycles. The van der Waals surface area contributed by atoms with Gasteiger partial charge in [0, 0.05) is 11.7 Å². The molecule has 1 aromatic carbocycles. The van der Waals surface area contributed by atoms with E-state index >= 15 is 0 Å². The second kappa shape index (κ2) is 5.78. The monoisotopic (exact) mass is 252 g/mol. The molecule has 0 bridgehead atoms. The van der Waals surface area contributed by atoms with Gasteiger partial charge in [-0.05, 0) is 36.3 Å². The normalized spacial score (nSPS) is 17.4. The second-order valence-electron chi connectivity index (χ2n) is 4.61. The number of hydrogen-bond acceptors (Lipinski definition) is 3. The summed E-state index contributed by atoms with van der Waals surface area (Å²) in [7, 11) is 0. The molecule has 2 rings (SSSR count). The first-order chi connectivity index (χ1) is 8.16. The lowest BCUT2D eigenvalue weighted by atomic mass is 10.1. The molecule has 2 unspecified atom stereocenters. The molecule has 0 spiro atoms. The van der Waals surface area contributed by atoms with E-state index in [1.165, 1.54) is 11.1 Å². The summed E-state index contributed by atoms with van der Waals surface area (Å²) in [4.78, 5) is 0. The van der Waals surface area contributed by atoms with Crippen molar-refractivity contribution in [2.45, 2.75) is 38.0 Å². The Bertz CT molecular complexity index is 376. The SMILES string of the molecule is CC(O)C(C)SCCc1ccc2c(c1)CCO2. The molecule has 94 valence electrons. The van der Waals surface area contributed by atoms with Crippen molar-refractivity contribution in [3.63, 3.8) is 0 Å². The Morgan fingerprint density at radius 2 is 2.24 bits per heavy atom. The van der Waals surface area contributed by atoms with Gasteiger partial charge in [0.05, 0.1) is 12.7 Å². The fourth-order valence-electron chi connectivity index (χ4n) is 1.90. The number of ether oxygens (including phenoxy) is 1. The second-order valence-corrected chi connectivity index (χ2v) is 6.09. The summed E-state index contributed by atoms with van der Waals surface area (Å²) in [5.74, 6) is 2.12. The van der Waals surface area contributed by atoms with Crippen LogP contribution < -0.4 is 4.74 Å². The van der Waals surface area contributed by atoms with E-state index in [9.17, 15) is 5.11 Å². The van der Waals surface area contributed by atoms with Crippen LogP contribution >= 0.6 is 11.8 Å². The van der Waals surface area contributed by atoms with Gasteiger partial charge in [-0.1, -0.05) is 19.1 Å². The van der Waals surface area contributed by atoms with E-state index in [4.69, 9.17) is 4.74 Å². The zero-order valence-electron chi connectivity index (χ0n) is 10.5. The van der Waals surface area contributed by atoms with E-state index in [1.807, 2.05) is 18.7 Å². The minimum absolute atomic E-state index is 0.228. The topological polar surface area (TPSA) is 29.5 Å². The standard InChI is InChI=1S/C14H20O2S/c1-10(15)11(2)17-8-6-12-3-4-14-13(9-12)5-7-16-14/h3-4,9-11,15H,5-8H2,1-2H3. The van der Waals surface area contributed by atoms with E-state index in [-0.39, 0.29) is 6.10 Å². The third kappa shape index (κ3) is 3.39. The molecule has 0 aliphatic carbocycles. The van der Waals surface area contributed by atoms with Crippen LogP contribution in [0.3, 0.4) is 0 Å². The van der Waals surface area contributed by atoms with Crippen LogP contribution in [0, 0.1) is 0 Å². The summed E-state index contributed by atoms with van der Waals surface area (Å²) in [5.41, 5.74) is 2.72. The number of aryl methyl sites for hydroxylation is 1. The molecule has 0 fully saturated rings. The first-order valence-corrected chi connectivity index (χ1v) is 7.26. The van der Waals surface area contributed by atoms with Crippen molar-refractivity contribution < 1.29 is 9.84 Å². The zero-order valence-corrected chi connectivity index (χ0v) is 11.3. The first-order valence-electron chi connectivity index (χ1n) is 6.21. The van der Waals surface area contributed by atoms with Crippen molar-refractivity contribution in [3.05, 3.63) is 29.3 Å². The number of aliphatic hydroxyl groups is 1. The van der Waals surface area contributed by atoms with Crippen LogP contribution in [0.1, 0.15) is 25.0 Å².